The van der Waals surface area contributed by atoms with Gasteiger partial charge in [0.25, 0.3) is 10.0 Å². The summed E-state index contributed by atoms with van der Waals surface area (Å²) in [5.74, 6) is -1.01. The molecule has 0 heterocycles. The predicted molar refractivity (Wildman–Crippen MR) is 157 cm³/mol. The van der Waals surface area contributed by atoms with Gasteiger partial charge in [0.05, 0.1) is 10.6 Å². The van der Waals surface area contributed by atoms with Crippen molar-refractivity contribution in [3.05, 3.63) is 92.4 Å². The normalized spacial score (nSPS) is 12.1. The van der Waals surface area contributed by atoms with Crippen molar-refractivity contribution in [3.63, 3.8) is 0 Å². The summed E-state index contributed by atoms with van der Waals surface area (Å²) in [6, 6.07) is 14.8. The second kappa shape index (κ2) is 13.0. The van der Waals surface area contributed by atoms with E-state index in [-0.39, 0.29) is 11.4 Å². The summed E-state index contributed by atoms with van der Waals surface area (Å²) < 4.78 is 28.8. The van der Waals surface area contributed by atoms with Crippen LogP contribution in [0.15, 0.2) is 65.6 Å². The molecule has 2 amide bonds. The van der Waals surface area contributed by atoms with E-state index in [1.165, 1.54) is 29.2 Å². The number of nitrogens with one attached hydrogen (secondary N) is 1. The summed E-state index contributed by atoms with van der Waals surface area (Å²) in [6.07, 6.45) is 0. The number of sulfonamides is 1. The van der Waals surface area contributed by atoms with Crippen LogP contribution in [0, 0.1) is 13.8 Å². The van der Waals surface area contributed by atoms with Gasteiger partial charge in [-0.3, -0.25) is 13.9 Å². The SMILES string of the molecule is CCNC(=O)[C@H](C)N(Cc1c(Cl)cccc1Cl)C(=O)CN(c1ccc(C)c(C)c1)S(=O)(=O)c1ccc(Cl)cc1. The maximum Gasteiger partial charge on any atom is 0.264 e. The van der Waals surface area contributed by atoms with Gasteiger partial charge in [-0.05, 0) is 87.4 Å². The zero-order chi connectivity index (χ0) is 28.9. The lowest BCUT2D eigenvalue weighted by atomic mass is 10.1. The molecule has 39 heavy (non-hydrogen) atoms. The third-order valence-electron chi connectivity index (χ3n) is 6.37. The molecule has 3 rings (SSSR count). The lowest BCUT2D eigenvalue weighted by Gasteiger charge is -2.32. The molecular weight excluding hydrogens is 581 g/mol. The topological polar surface area (TPSA) is 86.8 Å². The summed E-state index contributed by atoms with van der Waals surface area (Å²) in [5, 5.41) is 3.73. The quantitative estimate of drug-likeness (QED) is 0.305. The smallest absolute Gasteiger partial charge is 0.264 e. The highest BCUT2D eigenvalue weighted by atomic mass is 35.5. The van der Waals surface area contributed by atoms with Gasteiger partial charge in [0.1, 0.15) is 12.6 Å². The van der Waals surface area contributed by atoms with E-state index in [2.05, 4.69) is 5.32 Å². The van der Waals surface area contributed by atoms with E-state index >= 15 is 0 Å². The van der Waals surface area contributed by atoms with Gasteiger partial charge in [-0.25, -0.2) is 8.42 Å². The minimum absolute atomic E-state index is 0.0320. The Balaban J connectivity index is 2.09. The van der Waals surface area contributed by atoms with Crippen molar-refractivity contribution < 1.29 is 18.0 Å². The summed E-state index contributed by atoms with van der Waals surface area (Å²) in [7, 11) is -4.20. The molecule has 0 saturated heterocycles. The number of nitrogens with zero attached hydrogens (tertiary/aromatic N) is 2. The van der Waals surface area contributed by atoms with Crippen LogP contribution in [0.2, 0.25) is 15.1 Å². The number of anilines is 1. The molecule has 208 valence electrons. The first-order valence-electron chi connectivity index (χ1n) is 12.2. The predicted octanol–water partition coefficient (Wildman–Crippen LogP) is 6.01. The van der Waals surface area contributed by atoms with Gasteiger partial charge in [0.15, 0.2) is 0 Å². The van der Waals surface area contributed by atoms with Crippen LogP contribution in [0.3, 0.4) is 0 Å². The third kappa shape index (κ3) is 7.25. The van der Waals surface area contributed by atoms with Gasteiger partial charge in [-0.2, -0.15) is 0 Å². The van der Waals surface area contributed by atoms with Crippen molar-refractivity contribution >= 4 is 62.3 Å². The second-order valence-corrected chi connectivity index (χ2v) is 12.1. The number of hydrogen-bond acceptors (Lipinski definition) is 4. The molecule has 0 aliphatic carbocycles. The number of halogens is 3. The van der Waals surface area contributed by atoms with Crippen LogP contribution in [0.25, 0.3) is 0 Å². The minimum Gasteiger partial charge on any atom is -0.355 e. The van der Waals surface area contributed by atoms with E-state index in [1.54, 1.807) is 50.2 Å². The third-order valence-corrected chi connectivity index (χ3v) is 9.12. The fraction of sp³-hybridized carbons (Fsp3) is 0.286. The molecule has 1 atom stereocenters. The molecule has 0 aliphatic rings. The fourth-order valence-corrected chi connectivity index (χ4v) is 5.95. The van der Waals surface area contributed by atoms with Crippen LogP contribution < -0.4 is 9.62 Å². The Bertz CT molecular complexity index is 1440. The highest BCUT2D eigenvalue weighted by molar-refractivity contribution is 7.92. The molecule has 11 heteroatoms. The van der Waals surface area contributed by atoms with Crippen LogP contribution in [-0.2, 0) is 26.2 Å². The number of hydrogen-bond donors (Lipinski definition) is 1. The summed E-state index contributed by atoms with van der Waals surface area (Å²) >= 11 is 18.8. The number of carbonyl (C=O) groups is 2. The van der Waals surface area contributed by atoms with Gasteiger partial charge in [0.2, 0.25) is 11.8 Å². The first kappa shape index (κ1) is 30.8. The summed E-state index contributed by atoms with van der Waals surface area (Å²) in [4.78, 5) is 28.0. The largest absolute Gasteiger partial charge is 0.355 e. The van der Waals surface area contributed by atoms with Crippen molar-refractivity contribution in [3.8, 4) is 0 Å². The highest BCUT2D eigenvalue weighted by Crippen LogP contribution is 2.29. The molecule has 0 spiro atoms. The molecule has 0 aliphatic heterocycles. The number of aryl methyl sites for hydroxylation is 2. The van der Waals surface area contributed by atoms with Crippen molar-refractivity contribution in [1.82, 2.24) is 10.2 Å². The van der Waals surface area contributed by atoms with Gasteiger partial charge in [-0.15, -0.1) is 0 Å². The number of likely N-dealkylation sites (N-methyl/N-ethyl adjacent to an activating group) is 1. The van der Waals surface area contributed by atoms with Crippen molar-refractivity contribution in [2.75, 3.05) is 17.4 Å². The Kier molecular flexibility index (Phi) is 10.3. The van der Waals surface area contributed by atoms with E-state index < -0.39 is 34.4 Å². The Hall–Kier alpha value is -2.78. The Labute approximate surface area is 244 Å². The molecule has 0 radical (unpaired) electrons. The van der Waals surface area contributed by atoms with E-state index in [1.807, 2.05) is 13.8 Å². The summed E-state index contributed by atoms with van der Waals surface area (Å²) in [6.45, 7) is 6.79. The van der Waals surface area contributed by atoms with Gasteiger partial charge >= 0.3 is 0 Å². The molecule has 7 nitrogen and oxygen atoms in total. The van der Waals surface area contributed by atoms with Crippen LogP contribution >= 0.6 is 34.8 Å². The van der Waals surface area contributed by atoms with Crippen molar-refractivity contribution in [2.24, 2.45) is 0 Å². The molecule has 3 aromatic rings. The van der Waals surface area contributed by atoms with E-state index in [4.69, 9.17) is 34.8 Å². The van der Waals surface area contributed by atoms with E-state index in [0.29, 0.717) is 32.9 Å². The first-order chi connectivity index (χ1) is 18.4. The van der Waals surface area contributed by atoms with Crippen LogP contribution in [-0.4, -0.2) is 44.3 Å². The van der Waals surface area contributed by atoms with Gasteiger partial charge in [-0.1, -0.05) is 46.9 Å². The maximum atomic E-state index is 13.9. The zero-order valence-electron chi connectivity index (χ0n) is 22.0. The zero-order valence-corrected chi connectivity index (χ0v) is 25.1. The average molecular weight is 611 g/mol. The fourth-order valence-electron chi connectivity index (χ4n) is 3.90. The second-order valence-electron chi connectivity index (χ2n) is 9.03. The van der Waals surface area contributed by atoms with E-state index in [0.717, 1.165) is 15.4 Å². The Morgan fingerprint density at radius 2 is 1.54 bits per heavy atom. The van der Waals surface area contributed by atoms with Crippen molar-refractivity contribution in [1.29, 1.82) is 0 Å². The lowest BCUT2D eigenvalue weighted by molar-refractivity contribution is -0.139. The van der Waals surface area contributed by atoms with Crippen LogP contribution in [0.1, 0.15) is 30.5 Å². The van der Waals surface area contributed by atoms with Gasteiger partial charge in [0, 0.05) is 33.7 Å². The summed E-state index contributed by atoms with van der Waals surface area (Å²) in [5.41, 5.74) is 2.58. The molecule has 1 N–H and O–H groups in total. The molecule has 0 aromatic heterocycles. The highest BCUT2D eigenvalue weighted by Gasteiger charge is 2.33. The number of carbonyl (C=O) groups excluding carboxylic acids is 2. The standard InChI is InChI=1S/C28H30Cl3N3O4S/c1-5-32-28(36)20(4)33(16-24-25(30)7-6-8-26(24)31)27(35)17-34(22-12-9-18(2)19(3)15-22)39(37,38)23-13-10-21(29)11-14-23/h6-15,20H,5,16-17H2,1-4H3,(H,32,36)/t20-/m0/s1. The molecule has 0 bridgehead atoms. The molecule has 3 aromatic carbocycles. The number of amides is 2. The van der Waals surface area contributed by atoms with Gasteiger partial charge < -0.3 is 10.2 Å². The average Bonchev–Trinajstić information content (AvgIpc) is 2.88. The Morgan fingerprint density at radius 1 is 0.923 bits per heavy atom. The lowest BCUT2D eigenvalue weighted by Crippen LogP contribution is -2.51. The minimum atomic E-state index is -4.20. The Morgan fingerprint density at radius 3 is 2.10 bits per heavy atom. The molecule has 0 saturated carbocycles. The monoisotopic (exact) mass is 609 g/mol. The van der Waals surface area contributed by atoms with Crippen LogP contribution in [0.5, 0.6) is 0 Å². The van der Waals surface area contributed by atoms with E-state index in [9.17, 15) is 18.0 Å². The van der Waals surface area contributed by atoms with Crippen LogP contribution in [0.4, 0.5) is 5.69 Å². The number of benzene rings is 3. The molecule has 0 unspecified atom stereocenters. The first-order valence-corrected chi connectivity index (χ1v) is 14.8. The molecular formula is C28H30Cl3N3O4S. The maximum absolute atomic E-state index is 13.9. The molecule has 0 fully saturated rings. The van der Waals surface area contributed by atoms with Crippen molar-refractivity contribution in [2.45, 2.75) is 45.2 Å². The number of rotatable bonds is 10.